The Balaban J connectivity index is 1.76. The molecule has 3 heterocycles. The molecule has 0 amide bonds. The van der Waals surface area contributed by atoms with Gasteiger partial charge < -0.3 is 5.11 Å². The second kappa shape index (κ2) is 7.57. The van der Waals surface area contributed by atoms with Crippen LogP contribution in [0.25, 0.3) is 27.8 Å². The Labute approximate surface area is 170 Å². The lowest BCUT2D eigenvalue weighted by atomic mass is 9.97. The van der Waals surface area contributed by atoms with Crippen LogP contribution < -0.4 is 0 Å². The average Bonchev–Trinajstić information content (AvgIpc) is 3.39. The number of benzene rings is 1. The number of aromatic nitrogens is 4. The lowest BCUT2D eigenvalue weighted by Gasteiger charge is -2.17. The minimum absolute atomic E-state index is 0.599. The van der Waals surface area contributed by atoms with Crippen LogP contribution in [0.3, 0.4) is 0 Å². The molecule has 3 aromatic heterocycles. The van der Waals surface area contributed by atoms with E-state index in [1.165, 1.54) is 0 Å². The highest BCUT2D eigenvalue weighted by molar-refractivity contribution is 5.85. The van der Waals surface area contributed by atoms with Gasteiger partial charge in [0.25, 0.3) is 0 Å². The predicted molar refractivity (Wildman–Crippen MR) is 115 cm³/mol. The van der Waals surface area contributed by atoms with Crippen LogP contribution in [-0.4, -0.2) is 30.1 Å². The van der Waals surface area contributed by atoms with Gasteiger partial charge in [0.1, 0.15) is 5.60 Å². The molecule has 0 atom stereocenters. The number of hydrogen-bond donors (Lipinski definition) is 1. The van der Waals surface area contributed by atoms with Crippen molar-refractivity contribution >= 4 is 5.52 Å². The number of nitrogens with zero attached hydrogens (tertiary/aromatic N) is 4. The van der Waals surface area contributed by atoms with Crippen LogP contribution in [0.15, 0.2) is 61.2 Å². The lowest BCUT2D eigenvalue weighted by Crippen LogP contribution is -2.23. The molecule has 1 aromatic carbocycles. The zero-order valence-corrected chi connectivity index (χ0v) is 16.9. The third-order valence-corrected chi connectivity index (χ3v) is 5.37. The smallest absolute Gasteiger partial charge is 0.125 e. The molecule has 0 saturated heterocycles. The molecule has 0 aliphatic carbocycles. The first kappa shape index (κ1) is 19.0. The van der Waals surface area contributed by atoms with Crippen molar-refractivity contribution in [2.75, 3.05) is 0 Å². The molecule has 0 bridgehead atoms. The van der Waals surface area contributed by atoms with Gasteiger partial charge in [0.15, 0.2) is 0 Å². The molecular weight excluding hydrogens is 360 g/mol. The first-order chi connectivity index (χ1) is 14.0. The highest BCUT2D eigenvalue weighted by Crippen LogP contribution is 2.29. The molecule has 0 saturated carbocycles. The minimum atomic E-state index is -0.960. The van der Waals surface area contributed by atoms with Crippen LogP contribution >= 0.6 is 0 Å². The van der Waals surface area contributed by atoms with Crippen molar-refractivity contribution in [2.24, 2.45) is 7.05 Å². The van der Waals surface area contributed by atoms with Gasteiger partial charge in [0, 0.05) is 30.6 Å². The maximum absolute atomic E-state index is 10.5. The van der Waals surface area contributed by atoms with Crippen molar-refractivity contribution in [3.63, 3.8) is 0 Å². The summed E-state index contributed by atoms with van der Waals surface area (Å²) < 4.78 is 3.64. The maximum Gasteiger partial charge on any atom is 0.125 e. The number of rotatable bonds is 4. The van der Waals surface area contributed by atoms with Crippen molar-refractivity contribution in [3.8, 4) is 34.1 Å². The van der Waals surface area contributed by atoms with E-state index in [2.05, 4.69) is 46.3 Å². The van der Waals surface area contributed by atoms with Gasteiger partial charge in [0.2, 0.25) is 0 Å². The Morgan fingerprint density at radius 1 is 0.966 bits per heavy atom. The largest absolute Gasteiger partial charge is 0.378 e. The summed E-state index contributed by atoms with van der Waals surface area (Å²) in [7, 11) is 1.91. The molecule has 0 spiro atoms. The molecule has 5 nitrogen and oxygen atoms in total. The molecule has 1 N–H and O–H groups in total. The topological polar surface area (TPSA) is 55.4 Å². The van der Waals surface area contributed by atoms with Crippen molar-refractivity contribution < 1.29 is 5.11 Å². The summed E-state index contributed by atoms with van der Waals surface area (Å²) >= 11 is 0. The van der Waals surface area contributed by atoms with Gasteiger partial charge >= 0.3 is 0 Å². The van der Waals surface area contributed by atoms with E-state index in [4.69, 9.17) is 0 Å². The summed E-state index contributed by atoms with van der Waals surface area (Å²) in [6.07, 6.45) is 8.84. The third-order valence-electron chi connectivity index (χ3n) is 5.37. The van der Waals surface area contributed by atoms with Crippen LogP contribution in [-0.2, 0) is 7.05 Å². The molecule has 4 aromatic rings. The molecule has 4 rings (SSSR count). The van der Waals surface area contributed by atoms with E-state index in [9.17, 15) is 5.11 Å². The Hall–Kier alpha value is -3.36. The standard InChI is InChI=1S/C24H24N4O/c1-4-24(29,5-2)13-12-20-7-6-14-28-23(20)22(16-26-28)19-10-8-18(9-11-19)21-15-25-27(3)17-21/h6-11,14-17,29H,4-5H2,1-3H3. The van der Waals surface area contributed by atoms with E-state index in [0.717, 1.165) is 33.3 Å². The fraction of sp³-hybridized carbons (Fsp3) is 0.250. The molecule has 146 valence electrons. The van der Waals surface area contributed by atoms with Crippen LogP contribution in [0, 0.1) is 11.8 Å². The van der Waals surface area contributed by atoms with E-state index in [1.807, 2.05) is 62.3 Å². The third kappa shape index (κ3) is 3.67. The minimum Gasteiger partial charge on any atom is -0.378 e. The Morgan fingerprint density at radius 2 is 1.69 bits per heavy atom. The molecule has 0 aliphatic rings. The maximum atomic E-state index is 10.5. The molecule has 29 heavy (non-hydrogen) atoms. The lowest BCUT2D eigenvalue weighted by molar-refractivity contribution is 0.0931. The molecular formula is C24H24N4O. The first-order valence-electron chi connectivity index (χ1n) is 9.84. The van der Waals surface area contributed by atoms with Gasteiger partial charge in [-0.05, 0) is 36.1 Å². The van der Waals surface area contributed by atoms with Crippen LogP contribution in [0.5, 0.6) is 0 Å². The summed E-state index contributed by atoms with van der Waals surface area (Å²) in [5.74, 6) is 6.26. The molecule has 5 heteroatoms. The van der Waals surface area contributed by atoms with Gasteiger partial charge in [-0.15, -0.1) is 0 Å². The van der Waals surface area contributed by atoms with Crippen LogP contribution in [0.4, 0.5) is 0 Å². The summed E-state index contributed by atoms with van der Waals surface area (Å²) in [6.45, 7) is 3.90. The zero-order valence-electron chi connectivity index (χ0n) is 16.9. The highest BCUT2D eigenvalue weighted by atomic mass is 16.3. The Bertz CT molecular complexity index is 1200. The van der Waals surface area contributed by atoms with Crippen LogP contribution in [0.1, 0.15) is 32.3 Å². The summed E-state index contributed by atoms with van der Waals surface area (Å²) in [5, 5.41) is 19.3. The van der Waals surface area contributed by atoms with Crippen molar-refractivity contribution in [3.05, 3.63) is 66.7 Å². The van der Waals surface area contributed by atoms with Crippen LogP contribution in [0.2, 0.25) is 0 Å². The van der Waals surface area contributed by atoms with E-state index >= 15 is 0 Å². The predicted octanol–water partition coefficient (Wildman–Crippen LogP) is 4.30. The van der Waals surface area contributed by atoms with Crippen molar-refractivity contribution in [2.45, 2.75) is 32.3 Å². The molecule has 0 aliphatic heterocycles. The molecule has 0 fully saturated rings. The van der Waals surface area contributed by atoms with Crippen molar-refractivity contribution in [1.82, 2.24) is 19.4 Å². The molecule has 0 unspecified atom stereocenters. The first-order valence-corrected chi connectivity index (χ1v) is 9.84. The summed E-state index contributed by atoms with van der Waals surface area (Å²) in [5.41, 5.74) is 5.14. The molecule has 0 radical (unpaired) electrons. The number of aliphatic hydroxyl groups is 1. The van der Waals surface area contributed by atoms with Gasteiger partial charge in [-0.1, -0.05) is 50.0 Å². The highest BCUT2D eigenvalue weighted by Gasteiger charge is 2.18. The average molecular weight is 384 g/mol. The van der Waals surface area contributed by atoms with E-state index in [-0.39, 0.29) is 0 Å². The quantitative estimate of drug-likeness (QED) is 0.534. The second-order valence-corrected chi connectivity index (χ2v) is 7.24. The Kier molecular flexibility index (Phi) is 4.96. The van der Waals surface area contributed by atoms with Gasteiger partial charge in [-0.2, -0.15) is 10.2 Å². The fourth-order valence-electron chi connectivity index (χ4n) is 3.38. The monoisotopic (exact) mass is 384 g/mol. The van der Waals surface area contributed by atoms with E-state index in [1.54, 1.807) is 4.68 Å². The number of pyridine rings is 1. The number of aryl methyl sites for hydroxylation is 1. The van der Waals surface area contributed by atoms with Gasteiger partial charge in [-0.3, -0.25) is 4.68 Å². The van der Waals surface area contributed by atoms with Crippen molar-refractivity contribution in [1.29, 1.82) is 0 Å². The van der Waals surface area contributed by atoms with E-state index in [0.29, 0.717) is 12.8 Å². The normalized spacial score (nSPS) is 11.4. The van der Waals surface area contributed by atoms with Gasteiger partial charge in [-0.25, -0.2) is 4.52 Å². The Morgan fingerprint density at radius 3 is 2.34 bits per heavy atom. The fourth-order valence-corrected chi connectivity index (χ4v) is 3.38. The zero-order chi connectivity index (χ0) is 20.4. The SMILES string of the molecule is CCC(O)(C#Cc1cccn2ncc(-c3ccc(-c4cnn(C)c4)cc3)c12)CC. The number of fused-ring (bicyclic) bond motifs is 1. The summed E-state index contributed by atoms with van der Waals surface area (Å²) in [6, 6.07) is 12.3. The number of hydrogen-bond acceptors (Lipinski definition) is 3. The van der Waals surface area contributed by atoms with Gasteiger partial charge in [0.05, 0.1) is 23.5 Å². The second-order valence-electron chi connectivity index (χ2n) is 7.24. The van der Waals surface area contributed by atoms with E-state index < -0.39 is 5.60 Å². The summed E-state index contributed by atoms with van der Waals surface area (Å²) in [4.78, 5) is 0.